The van der Waals surface area contributed by atoms with Crippen LogP contribution in [0.4, 0.5) is 0 Å². The van der Waals surface area contributed by atoms with E-state index in [0.717, 1.165) is 37.6 Å². The van der Waals surface area contributed by atoms with Gasteiger partial charge in [-0.25, -0.2) is 0 Å². The van der Waals surface area contributed by atoms with E-state index < -0.39 is 0 Å². The smallest absolute Gasteiger partial charge is 0.0678 e. The molecule has 1 aliphatic heterocycles. The lowest BCUT2D eigenvalue weighted by Crippen LogP contribution is -2.46. The fourth-order valence-corrected chi connectivity index (χ4v) is 3.23. The van der Waals surface area contributed by atoms with Crippen molar-refractivity contribution in [2.45, 2.75) is 45.4 Å². The number of hydrogen-bond acceptors (Lipinski definition) is 3. The van der Waals surface area contributed by atoms with Gasteiger partial charge in [-0.15, -0.1) is 0 Å². The number of nitrogens with one attached hydrogen (secondary N) is 1. The Hall–Kier alpha value is -0.610. The molecule has 1 saturated heterocycles. The van der Waals surface area contributed by atoms with E-state index in [4.69, 9.17) is 16.3 Å². The van der Waals surface area contributed by atoms with Gasteiger partial charge in [-0.3, -0.25) is 4.90 Å². The molecule has 21 heavy (non-hydrogen) atoms. The molecule has 2 rings (SSSR count). The minimum Gasteiger partial charge on any atom is -0.373 e. The lowest BCUT2D eigenvalue weighted by atomic mass is 10.0. The van der Waals surface area contributed by atoms with Crippen molar-refractivity contribution in [1.29, 1.82) is 0 Å². The molecule has 0 aromatic heterocycles. The Morgan fingerprint density at radius 2 is 1.86 bits per heavy atom. The number of nitrogens with zero attached hydrogens (tertiary/aromatic N) is 1. The predicted molar refractivity (Wildman–Crippen MR) is 88.9 cm³/mol. The zero-order valence-corrected chi connectivity index (χ0v) is 14.1. The van der Waals surface area contributed by atoms with Gasteiger partial charge in [0, 0.05) is 30.7 Å². The van der Waals surface area contributed by atoms with Crippen molar-refractivity contribution in [3.8, 4) is 0 Å². The molecule has 1 N–H and O–H groups in total. The first-order valence-electron chi connectivity index (χ1n) is 7.95. The summed E-state index contributed by atoms with van der Waals surface area (Å²) in [5.41, 5.74) is 1.32. The van der Waals surface area contributed by atoms with Crippen LogP contribution < -0.4 is 5.32 Å². The molecular formula is C17H27ClN2O. The molecule has 4 heteroatoms. The number of benzene rings is 1. The summed E-state index contributed by atoms with van der Waals surface area (Å²) in [5, 5.41) is 4.38. The van der Waals surface area contributed by atoms with E-state index in [2.05, 4.69) is 43.1 Å². The summed E-state index contributed by atoms with van der Waals surface area (Å²) in [6.07, 6.45) is 1.78. The molecule has 0 spiro atoms. The second kappa shape index (κ2) is 8.14. The maximum Gasteiger partial charge on any atom is 0.0678 e. The monoisotopic (exact) mass is 310 g/mol. The SMILES string of the molecule is CCNC(CCN1CC(C)OC(C)C1)c1ccc(Cl)cc1. The molecule has 0 bridgehead atoms. The predicted octanol–water partition coefficient (Wildman–Crippen LogP) is 3.49. The first-order valence-corrected chi connectivity index (χ1v) is 8.33. The fourth-order valence-electron chi connectivity index (χ4n) is 3.11. The number of morpholine rings is 1. The maximum atomic E-state index is 5.98. The quantitative estimate of drug-likeness (QED) is 0.870. The Bertz CT molecular complexity index is 413. The molecule has 3 atom stereocenters. The van der Waals surface area contributed by atoms with Gasteiger partial charge in [-0.05, 0) is 44.5 Å². The minimum absolute atomic E-state index is 0.335. The molecule has 0 radical (unpaired) electrons. The molecule has 118 valence electrons. The van der Waals surface area contributed by atoms with E-state index in [1.54, 1.807) is 0 Å². The van der Waals surface area contributed by atoms with Crippen LogP contribution in [0.15, 0.2) is 24.3 Å². The standard InChI is InChI=1S/C17H27ClN2O/c1-4-19-17(15-5-7-16(18)8-6-15)9-10-20-11-13(2)21-14(3)12-20/h5-8,13-14,17,19H,4,9-12H2,1-3H3. The Labute approximate surface area is 133 Å². The first-order chi connectivity index (χ1) is 10.1. The van der Waals surface area contributed by atoms with Gasteiger partial charge >= 0.3 is 0 Å². The van der Waals surface area contributed by atoms with E-state index in [1.165, 1.54) is 5.56 Å². The van der Waals surface area contributed by atoms with Crippen LogP contribution in [0, 0.1) is 0 Å². The van der Waals surface area contributed by atoms with Crippen molar-refractivity contribution in [3.05, 3.63) is 34.9 Å². The summed E-state index contributed by atoms with van der Waals surface area (Å²) < 4.78 is 5.80. The molecule has 1 heterocycles. The van der Waals surface area contributed by atoms with Crippen LogP contribution in [0.1, 0.15) is 38.8 Å². The van der Waals surface area contributed by atoms with Crippen molar-refractivity contribution in [3.63, 3.8) is 0 Å². The van der Waals surface area contributed by atoms with E-state index in [9.17, 15) is 0 Å². The molecule has 0 saturated carbocycles. The van der Waals surface area contributed by atoms with Crippen LogP contribution in [-0.4, -0.2) is 43.3 Å². The third kappa shape index (κ3) is 5.26. The van der Waals surface area contributed by atoms with Gasteiger partial charge in [0.15, 0.2) is 0 Å². The van der Waals surface area contributed by atoms with Crippen molar-refractivity contribution in [2.75, 3.05) is 26.2 Å². The highest BCUT2D eigenvalue weighted by atomic mass is 35.5. The van der Waals surface area contributed by atoms with E-state index in [1.807, 2.05) is 12.1 Å². The van der Waals surface area contributed by atoms with Gasteiger partial charge in [0.2, 0.25) is 0 Å². The summed E-state index contributed by atoms with van der Waals surface area (Å²) in [5.74, 6) is 0. The number of ether oxygens (including phenoxy) is 1. The fraction of sp³-hybridized carbons (Fsp3) is 0.647. The topological polar surface area (TPSA) is 24.5 Å². The molecule has 3 nitrogen and oxygen atoms in total. The highest BCUT2D eigenvalue weighted by Gasteiger charge is 2.22. The molecule has 1 aromatic rings. The average Bonchev–Trinajstić information content (AvgIpc) is 2.43. The van der Waals surface area contributed by atoms with Crippen molar-refractivity contribution in [2.24, 2.45) is 0 Å². The van der Waals surface area contributed by atoms with Gasteiger partial charge in [-0.2, -0.15) is 0 Å². The molecular weight excluding hydrogens is 284 g/mol. The van der Waals surface area contributed by atoms with Crippen LogP contribution in [-0.2, 0) is 4.74 Å². The molecule has 1 aromatic carbocycles. The normalized spacial score (nSPS) is 25.0. The van der Waals surface area contributed by atoms with Crippen molar-refractivity contribution < 1.29 is 4.74 Å². The van der Waals surface area contributed by atoms with E-state index >= 15 is 0 Å². The Balaban J connectivity index is 1.92. The molecule has 0 aliphatic carbocycles. The third-order valence-corrected chi connectivity index (χ3v) is 4.20. The van der Waals surface area contributed by atoms with Crippen LogP contribution >= 0.6 is 11.6 Å². The number of rotatable bonds is 6. The summed E-state index contributed by atoms with van der Waals surface area (Å²) in [7, 11) is 0. The summed E-state index contributed by atoms with van der Waals surface area (Å²) in [6, 6.07) is 8.58. The molecule has 3 unspecified atom stereocenters. The largest absolute Gasteiger partial charge is 0.373 e. The lowest BCUT2D eigenvalue weighted by molar-refractivity contribution is -0.0685. The van der Waals surface area contributed by atoms with Gasteiger partial charge in [0.1, 0.15) is 0 Å². The Morgan fingerprint density at radius 3 is 2.43 bits per heavy atom. The van der Waals surface area contributed by atoms with Gasteiger partial charge < -0.3 is 10.1 Å². The lowest BCUT2D eigenvalue weighted by Gasteiger charge is -2.36. The van der Waals surface area contributed by atoms with Crippen molar-refractivity contribution >= 4 is 11.6 Å². The third-order valence-electron chi connectivity index (χ3n) is 3.95. The summed E-state index contributed by atoms with van der Waals surface area (Å²) in [4.78, 5) is 2.51. The van der Waals surface area contributed by atoms with Crippen LogP contribution in [0.2, 0.25) is 5.02 Å². The van der Waals surface area contributed by atoms with E-state index in [-0.39, 0.29) is 0 Å². The molecule has 1 fully saturated rings. The number of halogens is 1. The zero-order valence-electron chi connectivity index (χ0n) is 13.3. The van der Waals surface area contributed by atoms with Gasteiger partial charge in [0.05, 0.1) is 12.2 Å². The number of hydrogen-bond donors (Lipinski definition) is 1. The average molecular weight is 311 g/mol. The highest BCUT2D eigenvalue weighted by molar-refractivity contribution is 6.30. The maximum absolute atomic E-state index is 5.98. The van der Waals surface area contributed by atoms with Crippen LogP contribution in [0.3, 0.4) is 0 Å². The summed E-state index contributed by atoms with van der Waals surface area (Å²) in [6.45, 7) is 10.6. The minimum atomic E-state index is 0.335. The van der Waals surface area contributed by atoms with Crippen molar-refractivity contribution in [1.82, 2.24) is 10.2 Å². The zero-order chi connectivity index (χ0) is 15.2. The first kappa shape index (κ1) is 16.8. The van der Waals surface area contributed by atoms with Gasteiger partial charge in [-0.1, -0.05) is 30.7 Å². The molecule has 1 aliphatic rings. The Kier molecular flexibility index (Phi) is 6.49. The Morgan fingerprint density at radius 1 is 1.24 bits per heavy atom. The van der Waals surface area contributed by atoms with E-state index in [0.29, 0.717) is 18.2 Å². The highest BCUT2D eigenvalue weighted by Crippen LogP contribution is 2.21. The molecule has 0 amide bonds. The second-order valence-electron chi connectivity index (χ2n) is 5.97. The second-order valence-corrected chi connectivity index (χ2v) is 6.40. The van der Waals surface area contributed by atoms with Crippen LogP contribution in [0.5, 0.6) is 0 Å². The van der Waals surface area contributed by atoms with Gasteiger partial charge in [0.25, 0.3) is 0 Å². The van der Waals surface area contributed by atoms with Crippen LogP contribution in [0.25, 0.3) is 0 Å². The summed E-state index contributed by atoms with van der Waals surface area (Å²) >= 11 is 5.98.